The maximum atomic E-state index is 12.0. The van der Waals surface area contributed by atoms with Crippen LogP contribution in [0.3, 0.4) is 0 Å². The van der Waals surface area contributed by atoms with Gasteiger partial charge in [-0.3, -0.25) is 19.6 Å². The Kier molecular flexibility index (Phi) is 11.4. The predicted molar refractivity (Wildman–Crippen MR) is 159 cm³/mol. The molecule has 2 aromatic carbocycles. The second-order valence-corrected chi connectivity index (χ2v) is 9.08. The summed E-state index contributed by atoms with van der Waals surface area (Å²) in [6.07, 6.45) is 5.00. The molecule has 0 atom stereocenters. The minimum atomic E-state index is -0.132. The SMILES string of the molecule is C=CCOc1c(CNn2cn[nH]c2=S)cccc1OC.C=CCn1c(CNC(=O)c2cccc(C)c2)n[nH]c1=S. The van der Waals surface area contributed by atoms with Gasteiger partial charge in [-0.15, -0.1) is 6.58 Å². The Hall–Kier alpha value is -4.49. The van der Waals surface area contributed by atoms with Gasteiger partial charge in [-0.25, -0.2) is 4.68 Å². The van der Waals surface area contributed by atoms with Crippen LogP contribution in [0.25, 0.3) is 0 Å². The fourth-order valence-electron chi connectivity index (χ4n) is 3.55. The molecule has 2 heterocycles. The van der Waals surface area contributed by atoms with E-state index in [0.717, 1.165) is 11.1 Å². The number of amides is 1. The number of para-hydroxylation sites is 1. The van der Waals surface area contributed by atoms with Gasteiger partial charge in [0.2, 0.25) is 4.77 Å². The fourth-order valence-corrected chi connectivity index (χ4v) is 3.94. The van der Waals surface area contributed by atoms with E-state index in [0.29, 0.717) is 58.7 Å². The van der Waals surface area contributed by atoms with Crippen LogP contribution in [0.1, 0.15) is 27.3 Å². The topological polar surface area (TPSA) is 127 Å². The van der Waals surface area contributed by atoms with E-state index in [-0.39, 0.29) is 5.91 Å². The quantitative estimate of drug-likeness (QED) is 0.141. The molecule has 13 heteroatoms. The number of methoxy groups -OCH3 is 1. The Morgan fingerprint density at radius 2 is 1.90 bits per heavy atom. The average molecular weight is 581 g/mol. The van der Waals surface area contributed by atoms with Gasteiger partial charge in [0.25, 0.3) is 5.91 Å². The molecule has 0 bridgehead atoms. The number of ether oxygens (including phenoxy) is 2. The Balaban J connectivity index is 0.000000220. The molecule has 210 valence electrons. The van der Waals surface area contributed by atoms with Gasteiger partial charge in [-0.05, 0) is 49.6 Å². The third-order valence-corrected chi connectivity index (χ3v) is 6.05. The first-order valence-electron chi connectivity index (χ1n) is 12.2. The number of rotatable bonds is 12. The van der Waals surface area contributed by atoms with Crippen molar-refractivity contribution >= 4 is 30.3 Å². The van der Waals surface area contributed by atoms with Crippen LogP contribution in [0.4, 0.5) is 0 Å². The minimum Gasteiger partial charge on any atom is -0.493 e. The van der Waals surface area contributed by atoms with Crippen molar-refractivity contribution in [3.63, 3.8) is 0 Å². The van der Waals surface area contributed by atoms with Crippen molar-refractivity contribution in [3.8, 4) is 11.5 Å². The lowest BCUT2D eigenvalue weighted by atomic mass is 10.1. The first-order chi connectivity index (χ1) is 19.4. The maximum Gasteiger partial charge on any atom is 0.251 e. The molecule has 2 aromatic heterocycles. The zero-order valence-corrected chi connectivity index (χ0v) is 24.0. The van der Waals surface area contributed by atoms with Crippen molar-refractivity contribution in [1.29, 1.82) is 0 Å². The van der Waals surface area contributed by atoms with E-state index >= 15 is 0 Å². The van der Waals surface area contributed by atoms with Gasteiger partial charge in [-0.2, -0.15) is 10.2 Å². The molecular weight excluding hydrogens is 548 g/mol. The lowest BCUT2D eigenvalue weighted by Gasteiger charge is -2.15. The first kappa shape index (κ1) is 30.1. The Morgan fingerprint density at radius 1 is 1.10 bits per heavy atom. The molecule has 40 heavy (non-hydrogen) atoms. The van der Waals surface area contributed by atoms with E-state index < -0.39 is 0 Å². The number of benzene rings is 2. The van der Waals surface area contributed by atoms with E-state index in [1.807, 2.05) is 43.3 Å². The van der Waals surface area contributed by atoms with Crippen molar-refractivity contribution in [2.75, 3.05) is 19.1 Å². The standard InChI is InChI=1S/C14H16N4OS.C13H16N4O2S/c1-3-7-18-12(16-17-14(18)20)9-15-13(19)11-6-4-5-10(2)8-11;1-3-7-19-12-10(5-4-6-11(12)18-2)8-15-17-9-14-16-13(17)20/h3-6,8H,1,7,9H2,2H3,(H,15,19)(H,17,20);3-6,9,15H,1,7-8H2,2H3,(H,16,20). The number of nitrogens with zero attached hydrogens (tertiary/aromatic N) is 4. The number of nitrogens with one attached hydrogen (secondary N) is 4. The van der Waals surface area contributed by atoms with E-state index in [9.17, 15) is 4.79 Å². The molecule has 4 rings (SSSR count). The summed E-state index contributed by atoms with van der Waals surface area (Å²) in [6.45, 7) is 11.1. The monoisotopic (exact) mass is 580 g/mol. The lowest BCUT2D eigenvalue weighted by molar-refractivity contribution is 0.0949. The number of H-pyrrole nitrogens is 2. The van der Waals surface area contributed by atoms with Crippen LogP contribution in [0.2, 0.25) is 0 Å². The number of hydrogen-bond donors (Lipinski definition) is 4. The van der Waals surface area contributed by atoms with Gasteiger partial charge in [0, 0.05) is 17.7 Å². The van der Waals surface area contributed by atoms with E-state index in [4.69, 9.17) is 33.9 Å². The van der Waals surface area contributed by atoms with Crippen molar-refractivity contribution in [3.05, 3.63) is 106 Å². The molecule has 0 aliphatic carbocycles. The molecule has 0 spiro atoms. The number of allylic oxidation sites excluding steroid dienone is 1. The van der Waals surface area contributed by atoms with Gasteiger partial charge >= 0.3 is 0 Å². The van der Waals surface area contributed by atoms with Crippen LogP contribution in [-0.2, 0) is 19.6 Å². The predicted octanol–water partition coefficient (Wildman–Crippen LogP) is 4.62. The molecule has 0 unspecified atom stereocenters. The molecule has 1 amide bonds. The molecule has 0 fully saturated rings. The van der Waals surface area contributed by atoms with Crippen LogP contribution in [0.5, 0.6) is 11.5 Å². The van der Waals surface area contributed by atoms with Crippen LogP contribution < -0.4 is 20.2 Å². The van der Waals surface area contributed by atoms with E-state index in [1.165, 1.54) is 0 Å². The highest BCUT2D eigenvalue weighted by Gasteiger charge is 2.11. The van der Waals surface area contributed by atoms with Gasteiger partial charge < -0.3 is 20.2 Å². The molecule has 4 aromatic rings. The number of carbonyl (C=O) groups excluding carboxylic acids is 1. The number of aromatic amines is 2. The Morgan fingerprint density at radius 3 is 2.58 bits per heavy atom. The highest BCUT2D eigenvalue weighted by atomic mass is 32.1. The summed E-state index contributed by atoms with van der Waals surface area (Å²) >= 11 is 10.2. The van der Waals surface area contributed by atoms with Crippen LogP contribution in [-0.4, -0.2) is 49.3 Å². The minimum absolute atomic E-state index is 0.132. The number of aromatic nitrogens is 6. The summed E-state index contributed by atoms with van der Waals surface area (Å²) in [4.78, 5) is 12.0. The first-order valence-corrected chi connectivity index (χ1v) is 13.0. The summed E-state index contributed by atoms with van der Waals surface area (Å²) in [5, 5.41) is 16.2. The zero-order chi connectivity index (χ0) is 28.9. The van der Waals surface area contributed by atoms with Crippen molar-refractivity contribution < 1.29 is 14.3 Å². The summed E-state index contributed by atoms with van der Waals surface area (Å²) in [5.41, 5.74) is 5.77. The Labute approximate surface area is 242 Å². The zero-order valence-electron chi connectivity index (χ0n) is 22.3. The van der Waals surface area contributed by atoms with Crippen LogP contribution in [0.15, 0.2) is 74.1 Å². The highest BCUT2D eigenvalue weighted by molar-refractivity contribution is 7.71. The summed E-state index contributed by atoms with van der Waals surface area (Å²) in [7, 11) is 1.61. The summed E-state index contributed by atoms with van der Waals surface area (Å²) < 4.78 is 15.4. The normalized spacial score (nSPS) is 10.2. The third kappa shape index (κ3) is 8.25. The average Bonchev–Trinajstić information content (AvgIpc) is 3.54. The lowest BCUT2D eigenvalue weighted by Crippen LogP contribution is -2.24. The second-order valence-electron chi connectivity index (χ2n) is 8.31. The molecule has 0 saturated carbocycles. The molecule has 0 aliphatic rings. The van der Waals surface area contributed by atoms with E-state index in [2.05, 4.69) is 44.3 Å². The third-order valence-electron chi connectivity index (χ3n) is 5.45. The van der Waals surface area contributed by atoms with Gasteiger partial charge in [0.15, 0.2) is 22.1 Å². The van der Waals surface area contributed by atoms with Crippen molar-refractivity contribution in [2.45, 2.75) is 26.6 Å². The molecular formula is C27H32N8O3S2. The molecule has 0 radical (unpaired) electrons. The highest BCUT2D eigenvalue weighted by Crippen LogP contribution is 2.31. The smallest absolute Gasteiger partial charge is 0.251 e. The maximum absolute atomic E-state index is 12.0. The molecule has 0 saturated heterocycles. The molecule has 0 aliphatic heterocycles. The summed E-state index contributed by atoms with van der Waals surface area (Å²) in [5.74, 6) is 1.92. The fraction of sp³-hybridized carbons (Fsp3) is 0.222. The van der Waals surface area contributed by atoms with Crippen molar-refractivity contribution in [1.82, 2.24) is 35.0 Å². The second kappa shape index (κ2) is 15.2. The van der Waals surface area contributed by atoms with Gasteiger partial charge in [0.05, 0.1) is 20.2 Å². The number of hydrogen-bond acceptors (Lipinski definition) is 8. The van der Waals surface area contributed by atoms with Crippen molar-refractivity contribution in [2.24, 2.45) is 0 Å². The number of aryl methyl sites for hydroxylation is 1. The van der Waals surface area contributed by atoms with Crippen LogP contribution in [0, 0.1) is 16.5 Å². The van der Waals surface area contributed by atoms with Crippen LogP contribution >= 0.6 is 24.4 Å². The molecule has 11 nitrogen and oxygen atoms in total. The Bertz CT molecular complexity index is 1550. The summed E-state index contributed by atoms with van der Waals surface area (Å²) in [6, 6.07) is 13.2. The molecule has 4 N–H and O–H groups in total. The van der Waals surface area contributed by atoms with Gasteiger partial charge in [-0.1, -0.05) is 48.6 Å². The largest absolute Gasteiger partial charge is 0.493 e. The van der Waals surface area contributed by atoms with Gasteiger partial charge in [0.1, 0.15) is 12.9 Å². The number of carbonyl (C=O) groups is 1. The van der Waals surface area contributed by atoms with E-state index in [1.54, 1.807) is 40.9 Å².